The van der Waals surface area contributed by atoms with Gasteiger partial charge >= 0.3 is 0 Å². The van der Waals surface area contributed by atoms with Crippen molar-refractivity contribution in [3.05, 3.63) is 33.8 Å². The molecule has 0 saturated carbocycles. The summed E-state index contributed by atoms with van der Waals surface area (Å²) < 4.78 is 21.9. The van der Waals surface area contributed by atoms with Crippen molar-refractivity contribution in [2.45, 2.75) is 13.3 Å². The Morgan fingerprint density at radius 3 is 2.53 bits per heavy atom. The van der Waals surface area contributed by atoms with Crippen LogP contribution in [0.4, 0.5) is 0 Å². The van der Waals surface area contributed by atoms with Crippen LogP contribution in [0.25, 0.3) is 0 Å². The van der Waals surface area contributed by atoms with E-state index in [9.17, 15) is 8.42 Å². The average Bonchev–Trinajstić information content (AvgIpc) is 2.19. The largest absolute Gasteiger partial charge is 0.244 e. The topological polar surface area (TPSA) is 58.5 Å². The Kier molecular flexibility index (Phi) is 4.80. The third kappa shape index (κ3) is 4.53. The van der Waals surface area contributed by atoms with E-state index in [1.807, 2.05) is 6.92 Å². The van der Waals surface area contributed by atoms with Gasteiger partial charge in [0.25, 0.3) is 0 Å². The molecule has 0 bridgehead atoms. The molecule has 0 radical (unpaired) electrons. The van der Waals surface area contributed by atoms with E-state index in [2.05, 4.69) is 9.93 Å². The van der Waals surface area contributed by atoms with Gasteiger partial charge in [0.05, 0.1) is 17.0 Å². The molecule has 1 aromatic carbocycles. The summed E-state index contributed by atoms with van der Waals surface area (Å²) in [5.41, 5.74) is 1.21. The van der Waals surface area contributed by atoms with Crippen LogP contribution in [-0.2, 0) is 10.0 Å². The number of rotatable bonds is 4. The fourth-order valence-electron chi connectivity index (χ4n) is 1.19. The Hall–Kier alpha value is -0.780. The highest BCUT2D eigenvalue weighted by Gasteiger charge is 2.08. The Labute approximate surface area is 111 Å². The predicted molar refractivity (Wildman–Crippen MR) is 71.3 cm³/mol. The summed E-state index contributed by atoms with van der Waals surface area (Å²) in [7, 11) is -3.36. The normalized spacial score (nSPS) is 12.6. The van der Waals surface area contributed by atoms with Gasteiger partial charge in [0.2, 0.25) is 10.0 Å². The molecule has 7 heteroatoms. The summed E-state index contributed by atoms with van der Waals surface area (Å²) in [6.07, 6.45) is 1.58. The van der Waals surface area contributed by atoms with Crippen LogP contribution in [0.5, 0.6) is 0 Å². The predicted octanol–water partition coefficient (Wildman–Crippen LogP) is 2.66. The molecule has 0 saturated heterocycles. The summed E-state index contributed by atoms with van der Waals surface area (Å²) >= 11 is 11.8. The molecular weight excluding hydrogens is 283 g/mol. The number of hydrazone groups is 1. The quantitative estimate of drug-likeness (QED) is 0.685. The number of nitrogens with zero attached hydrogens (tertiary/aromatic N) is 1. The van der Waals surface area contributed by atoms with Gasteiger partial charge in [-0.25, -0.2) is 13.2 Å². The number of sulfonamides is 1. The van der Waals surface area contributed by atoms with Crippen LogP contribution < -0.4 is 4.83 Å². The lowest BCUT2D eigenvalue weighted by Gasteiger charge is -2.07. The van der Waals surface area contributed by atoms with Crippen molar-refractivity contribution in [3.8, 4) is 0 Å². The van der Waals surface area contributed by atoms with E-state index in [4.69, 9.17) is 23.2 Å². The van der Waals surface area contributed by atoms with E-state index in [-0.39, 0.29) is 0 Å². The highest BCUT2D eigenvalue weighted by atomic mass is 35.5. The summed E-state index contributed by atoms with van der Waals surface area (Å²) in [4.78, 5) is 2.08. The van der Waals surface area contributed by atoms with E-state index >= 15 is 0 Å². The van der Waals surface area contributed by atoms with Crippen LogP contribution in [0.3, 0.4) is 0 Å². The van der Waals surface area contributed by atoms with Gasteiger partial charge in [0.15, 0.2) is 0 Å². The molecule has 0 aliphatic carbocycles. The van der Waals surface area contributed by atoms with Gasteiger partial charge in [-0.15, -0.1) is 0 Å². The van der Waals surface area contributed by atoms with E-state index in [0.29, 0.717) is 27.7 Å². The Morgan fingerprint density at radius 1 is 1.41 bits per heavy atom. The van der Waals surface area contributed by atoms with E-state index in [1.165, 1.54) is 0 Å². The van der Waals surface area contributed by atoms with Gasteiger partial charge in [-0.3, -0.25) is 0 Å². The van der Waals surface area contributed by atoms with E-state index in [0.717, 1.165) is 6.26 Å². The Balaban J connectivity index is 3.10. The van der Waals surface area contributed by atoms with Gasteiger partial charge in [0.1, 0.15) is 0 Å². The zero-order valence-corrected chi connectivity index (χ0v) is 11.7. The molecule has 1 aromatic rings. The van der Waals surface area contributed by atoms with Gasteiger partial charge < -0.3 is 0 Å². The molecule has 17 heavy (non-hydrogen) atoms. The third-order valence-corrected chi connectivity index (χ3v) is 2.89. The summed E-state index contributed by atoms with van der Waals surface area (Å²) in [5.74, 6) is 0. The molecule has 0 heterocycles. The maximum Gasteiger partial charge on any atom is 0.244 e. The van der Waals surface area contributed by atoms with Gasteiger partial charge in [0, 0.05) is 10.6 Å². The van der Waals surface area contributed by atoms with Crippen LogP contribution >= 0.6 is 23.2 Å². The molecule has 0 spiro atoms. The first-order valence-corrected chi connectivity index (χ1v) is 7.47. The first-order chi connectivity index (χ1) is 7.83. The molecule has 1 N–H and O–H groups in total. The maximum atomic E-state index is 10.9. The molecule has 0 atom stereocenters. The molecule has 0 unspecified atom stereocenters. The Morgan fingerprint density at radius 2 is 2.06 bits per heavy atom. The zero-order valence-electron chi connectivity index (χ0n) is 9.37. The maximum absolute atomic E-state index is 10.9. The van der Waals surface area contributed by atoms with Crippen molar-refractivity contribution in [2.75, 3.05) is 6.26 Å². The van der Waals surface area contributed by atoms with Crippen LogP contribution in [-0.4, -0.2) is 20.4 Å². The lowest BCUT2D eigenvalue weighted by atomic mass is 10.1. The fourth-order valence-corrected chi connectivity index (χ4v) is 1.98. The van der Waals surface area contributed by atoms with E-state index < -0.39 is 10.0 Å². The second-order valence-corrected chi connectivity index (χ2v) is 5.97. The molecule has 0 aliphatic rings. The summed E-state index contributed by atoms with van der Waals surface area (Å²) in [6, 6.07) is 4.97. The zero-order chi connectivity index (χ0) is 13.1. The first-order valence-electron chi connectivity index (χ1n) is 4.82. The second kappa shape index (κ2) is 5.71. The highest BCUT2D eigenvalue weighted by molar-refractivity contribution is 7.88. The summed E-state index contributed by atoms with van der Waals surface area (Å²) in [6.45, 7) is 1.85. The lowest BCUT2D eigenvalue weighted by molar-refractivity contribution is 0.590. The highest BCUT2D eigenvalue weighted by Crippen LogP contribution is 2.22. The van der Waals surface area contributed by atoms with Crippen LogP contribution in [0.1, 0.15) is 18.9 Å². The van der Waals surface area contributed by atoms with E-state index in [1.54, 1.807) is 18.2 Å². The van der Waals surface area contributed by atoms with Crippen molar-refractivity contribution in [1.82, 2.24) is 4.83 Å². The van der Waals surface area contributed by atoms with Crippen molar-refractivity contribution in [2.24, 2.45) is 5.10 Å². The monoisotopic (exact) mass is 294 g/mol. The minimum atomic E-state index is -3.36. The number of hydrogen-bond donors (Lipinski definition) is 1. The minimum Gasteiger partial charge on any atom is -0.206 e. The third-order valence-electron chi connectivity index (χ3n) is 1.92. The number of benzene rings is 1. The van der Waals surface area contributed by atoms with Crippen LogP contribution in [0, 0.1) is 0 Å². The smallest absolute Gasteiger partial charge is 0.206 e. The summed E-state index contributed by atoms with van der Waals surface area (Å²) in [5, 5.41) is 4.78. The van der Waals surface area contributed by atoms with Gasteiger partial charge in [-0.1, -0.05) is 36.2 Å². The number of halogens is 2. The molecule has 4 nitrogen and oxygen atoms in total. The molecule has 0 amide bonds. The van der Waals surface area contributed by atoms with Gasteiger partial charge in [-0.05, 0) is 18.6 Å². The molecule has 94 valence electrons. The van der Waals surface area contributed by atoms with Crippen molar-refractivity contribution in [1.29, 1.82) is 0 Å². The lowest BCUT2D eigenvalue weighted by Crippen LogP contribution is -2.18. The molecule has 1 rings (SSSR count). The fraction of sp³-hybridized carbons (Fsp3) is 0.300. The second-order valence-electron chi connectivity index (χ2n) is 3.40. The number of hydrogen-bond acceptors (Lipinski definition) is 3. The van der Waals surface area contributed by atoms with Crippen LogP contribution in [0.15, 0.2) is 23.3 Å². The molecule has 0 aliphatic heterocycles. The number of nitrogens with one attached hydrogen (secondary N) is 1. The van der Waals surface area contributed by atoms with Gasteiger partial charge in [-0.2, -0.15) is 5.10 Å². The van der Waals surface area contributed by atoms with Crippen molar-refractivity contribution < 1.29 is 8.42 Å². The molecule has 0 fully saturated rings. The molecule has 0 aromatic heterocycles. The first kappa shape index (κ1) is 14.3. The SMILES string of the molecule is CCC(=NNS(C)(=O)=O)c1ccc(Cl)cc1Cl. The van der Waals surface area contributed by atoms with Crippen LogP contribution in [0.2, 0.25) is 10.0 Å². The Bertz CT molecular complexity index is 541. The average molecular weight is 295 g/mol. The van der Waals surface area contributed by atoms with Crippen molar-refractivity contribution >= 4 is 38.9 Å². The van der Waals surface area contributed by atoms with Crippen molar-refractivity contribution in [3.63, 3.8) is 0 Å². The minimum absolute atomic E-state index is 0.438. The standard InChI is InChI=1S/C10H12Cl2N2O2S/c1-3-10(13-14-17(2,15)16)8-5-4-7(11)6-9(8)12/h4-6,14H,3H2,1-2H3. The molecular formula is C10H12Cl2N2O2S.